The maximum atomic E-state index is 12.3. The summed E-state index contributed by atoms with van der Waals surface area (Å²) >= 11 is 0. The van der Waals surface area contributed by atoms with E-state index < -0.39 is 0 Å². The van der Waals surface area contributed by atoms with Gasteiger partial charge in [-0.25, -0.2) is 0 Å². The zero-order valence-electron chi connectivity index (χ0n) is 16.9. The molecule has 0 radical (unpaired) electrons. The van der Waals surface area contributed by atoms with E-state index in [-0.39, 0.29) is 11.2 Å². The normalized spacial score (nSPS) is 14.9. The highest BCUT2D eigenvalue weighted by Crippen LogP contribution is 2.17. The van der Waals surface area contributed by atoms with E-state index in [9.17, 15) is 4.79 Å². The van der Waals surface area contributed by atoms with Gasteiger partial charge >= 0.3 is 0 Å². The minimum Gasteiger partial charge on any atom is -0.482 e. The predicted molar refractivity (Wildman–Crippen MR) is 120 cm³/mol. The molecule has 154 valence electrons. The lowest BCUT2D eigenvalue weighted by molar-refractivity contribution is 0.226. The Balaban J connectivity index is 1.26. The van der Waals surface area contributed by atoms with Crippen LogP contribution in [0.5, 0.6) is 5.75 Å². The number of rotatable bonds is 7. The Kier molecular flexibility index (Phi) is 6.62. The number of piperazine rings is 1. The molecule has 3 aromatic rings. The Bertz CT molecular complexity index is 1010. The van der Waals surface area contributed by atoms with Gasteiger partial charge in [-0.3, -0.25) is 9.69 Å². The standard InChI is InChI=1S/C25H26N2O3/c28-24-18-23(19-26-13-15-27(16-14-26)22-11-5-2-6-12-22)30-20-25(24)29-17-7-10-21-8-3-1-4-9-21/h1-12,18,20H,13-17,19H2. The van der Waals surface area contributed by atoms with Crippen LogP contribution in [0.4, 0.5) is 5.69 Å². The van der Waals surface area contributed by atoms with Crippen LogP contribution < -0.4 is 15.1 Å². The fourth-order valence-corrected chi connectivity index (χ4v) is 3.54. The van der Waals surface area contributed by atoms with E-state index >= 15 is 0 Å². The number of para-hydroxylation sites is 1. The van der Waals surface area contributed by atoms with E-state index in [4.69, 9.17) is 9.15 Å². The van der Waals surface area contributed by atoms with Crippen LogP contribution in [-0.4, -0.2) is 37.7 Å². The van der Waals surface area contributed by atoms with Gasteiger partial charge in [0.05, 0.1) is 6.54 Å². The average molecular weight is 402 g/mol. The average Bonchev–Trinajstić information content (AvgIpc) is 2.80. The van der Waals surface area contributed by atoms with Crippen LogP contribution >= 0.6 is 0 Å². The Morgan fingerprint density at radius 3 is 2.33 bits per heavy atom. The number of anilines is 1. The summed E-state index contributed by atoms with van der Waals surface area (Å²) in [7, 11) is 0. The molecule has 5 heteroatoms. The molecule has 0 atom stereocenters. The number of hydrogen-bond donors (Lipinski definition) is 0. The molecule has 0 N–H and O–H groups in total. The van der Waals surface area contributed by atoms with Crippen LogP contribution in [0.3, 0.4) is 0 Å². The third-order valence-electron chi connectivity index (χ3n) is 5.17. The first-order valence-corrected chi connectivity index (χ1v) is 10.3. The van der Waals surface area contributed by atoms with Crippen molar-refractivity contribution in [3.8, 4) is 5.75 Å². The Morgan fingerprint density at radius 1 is 0.933 bits per heavy atom. The smallest absolute Gasteiger partial charge is 0.227 e. The molecule has 5 nitrogen and oxygen atoms in total. The maximum Gasteiger partial charge on any atom is 0.227 e. The van der Waals surface area contributed by atoms with E-state index in [1.165, 1.54) is 12.0 Å². The monoisotopic (exact) mass is 402 g/mol. The number of ether oxygens (including phenoxy) is 1. The molecule has 30 heavy (non-hydrogen) atoms. The van der Waals surface area contributed by atoms with Gasteiger partial charge in [0.1, 0.15) is 18.6 Å². The fraction of sp³-hybridized carbons (Fsp3) is 0.240. The second kappa shape index (κ2) is 9.94. The highest BCUT2D eigenvalue weighted by molar-refractivity contribution is 5.48. The van der Waals surface area contributed by atoms with E-state index in [0.717, 1.165) is 31.7 Å². The predicted octanol–water partition coefficient (Wildman–Crippen LogP) is 4.05. The maximum absolute atomic E-state index is 12.3. The second-order valence-corrected chi connectivity index (χ2v) is 7.30. The van der Waals surface area contributed by atoms with Crippen LogP contribution in [0.25, 0.3) is 6.08 Å². The third-order valence-corrected chi connectivity index (χ3v) is 5.17. The highest BCUT2D eigenvalue weighted by atomic mass is 16.5. The van der Waals surface area contributed by atoms with Crippen molar-refractivity contribution in [3.05, 3.63) is 101 Å². The Hall–Kier alpha value is -3.31. The van der Waals surface area contributed by atoms with Gasteiger partial charge in [0.25, 0.3) is 0 Å². The Labute approximate surface area is 176 Å². The van der Waals surface area contributed by atoms with Gasteiger partial charge in [-0.2, -0.15) is 0 Å². The fourth-order valence-electron chi connectivity index (χ4n) is 3.54. The summed E-state index contributed by atoms with van der Waals surface area (Å²) in [5, 5.41) is 0. The van der Waals surface area contributed by atoms with Crippen LogP contribution in [0.2, 0.25) is 0 Å². The van der Waals surface area contributed by atoms with Crippen molar-refractivity contribution in [2.24, 2.45) is 0 Å². The van der Waals surface area contributed by atoms with E-state index in [1.807, 2.05) is 48.6 Å². The quantitative estimate of drug-likeness (QED) is 0.597. The summed E-state index contributed by atoms with van der Waals surface area (Å²) in [6.07, 6.45) is 5.27. The van der Waals surface area contributed by atoms with Gasteiger partial charge in [-0.15, -0.1) is 0 Å². The van der Waals surface area contributed by atoms with E-state index in [1.54, 1.807) is 6.07 Å². The molecule has 0 spiro atoms. The topological polar surface area (TPSA) is 45.9 Å². The minimum atomic E-state index is -0.146. The first kappa shape index (κ1) is 20.0. The molecule has 0 bridgehead atoms. The molecular formula is C25H26N2O3. The lowest BCUT2D eigenvalue weighted by Gasteiger charge is -2.35. The summed E-state index contributed by atoms with van der Waals surface area (Å²) in [5.41, 5.74) is 2.20. The number of hydrogen-bond acceptors (Lipinski definition) is 5. The van der Waals surface area contributed by atoms with Gasteiger partial charge in [-0.1, -0.05) is 54.6 Å². The van der Waals surface area contributed by atoms with E-state index in [2.05, 4.69) is 34.1 Å². The van der Waals surface area contributed by atoms with Gasteiger partial charge in [0.2, 0.25) is 11.2 Å². The molecule has 1 fully saturated rings. The largest absolute Gasteiger partial charge is 0.482 e. The lowest BCUT2D eigenvalue weighted by Crippen LogP contribution is -2.46. The van der Waals surface area contributed by atoms with Crippen molar-refractivity contribution < 1.29 is 9.15 Å². The van der Waals surface area contributed by atoms with Crippen LogP contribution in [-0.2, 0) is 6.54 Å². The zero-order chi connectivity index (χ0) is 20.6. The molecule has 2 heterocycles. The van der Waals surface area contributed by atoms with Crippen molar-refractivity contribution in [3.63, 3.8) is 0 Å². The molecule has 1 aromatic heterocycles. The van der Waals surface area contributed by atoms with Crippen LogP contribution in [0, 0.1) is 0 Å². The summed E-state index contributed by atoms with van der Waals surface area (Å²) in [6.45, 7) is 4.74. The zero-order valence-corrected chi connectivity index (χ0v) is 16.9. The summed E-state index contributed by atoms with van der Waals surface area (Å²) in [5.74, 6) is 0.908. The van der Waals surface area contributed by atoms with Gasteiger partial charge in [-0.05, 0) is 23.8 Å². The molecule has 4 rings (SSSR count). The number of nitrogens with zero attached hydrogens (tertiary/aromatic N) is 2. The molecule has 0 amide bonds. The second-order valence-electron chi connectivity index (χ2n) is 7.30. The molecule has 0 unspecified atom stereocenters. The van der Waals surface area contributed by atoms with E-state index in [0.29, 0.717) is 18.9 Å². The third kappa shape index (κ3) is 5.39. The highest BCUT2D eigenvalue weighted by Gasteiger charge is 2.18. The first-order valence-electron chi connectivity index (χ1n) is 10.3. The van der Waals surface area contributed by atoms with Gasteiger partial charge in [0.15, 0.2) is 0 Å². The SMILES string of the molecule is O=c1cc(CN2CCN(c3ccccc3)CC2)occ1OCC=Cc1ccccc1. The molecule has 2 aromatic carbocycles. The molecule has 1 aliphatic heterocycles. The lowest BCUT2D eigenvalue weighted by atomic mass is 10.2. The van der Waals surface area contributed by atoms with Crippen LogP contribution in [0.15, 0.2) is 88.3 Å². The first-order chi connectivity index (χ1) is 14.8. The summed E-state index contributed by atoms with van der Waals surface area (Å²) in [6, 6.07) is 22.0. The van der Waals surface area contributed by atoms with Crippen LogP contribution in [0.1, 0.15) is 11.3 Å². The summed E-state index contributed by atoms with van der Waals surface area (Å²) < 4.78 is 11.2. The molecule has 0 saturated carbocycles. The molecular weight excluding hydrogens is 376 g/mol. The molecule has 0 aliphatic carbocycles. The molecule has 1 saturated heterocycles. The van der Waals surface area contributed by atoms with Crippen molar-refractivity contribution in [1.29, 1.82) is 0 Å². The Morgan fingerprint density at radius 2 is 1.63 bits per heavy atom. The number of benzene rings is 2. The van der Waals surface area contributed by atoms with Crippen molar-refractivity contribution in [2.75, 3.05) is 37.7 Å². The van der Waals surface area contributed by atoms with Gasteiger partial charge in [0, 0.05) is 37.9 Å². The van der Waals surface area contributed by atoms with Gasteiger partial charge < -0.3 is 14.1 Å². The molecule has 1 aliphatic rings. The minimum absolute atomic E-state index is 0.146. The van der Waals surface area contributed by atoms with Crippen molar-refractivity contribution in [2.45, 2.75) is 6.54 Å². The summed E-state index contributed by atoms with van der Waals surface area (Å²) in [4.78, 5) is 17.0. The van der Waals surface area contributed by atoms with Crippen molar-refractivity contribution in [1.82, 2.24) is 4.90 Å². The van der Waals surface area contributed by atoms with Crippen molar-refractivity contribution >= 4 is 11.8 Å².